The Morgan fingerprint density at radius 1 is 1.17 bits per heavy atom. The zero-order chi connectivity index (χ0) is 24.9. The quantitative estimate of drug-likeness (QED) is 0.396. The van der Waals surface area contributed by atoms with Gasteiger partial charge in [0.1, 0.15) is 17.4 Å². The van der Waals surface area contributed by atoms with Gasteiger partial charge in [0.15, 0.2) is 5.82 Å². The molecule has 182 valence electrons. The molecule has 4 aromatic rings. The van der Waals surface area contributed by atoms with Gasteiger partial charge in [0.25, 0.3) is 0 Å². The monoisotopic (exact) mass is 509 g/mol. The molecule has 5 rings (SSSR count). The molecule has 3 aromatic heterocycles. The van der Waals surface area contributed by atoms with Gasteiger partial charge < -0.3 is 9.88 Å². The van der Waals surface area contributed by atoms with Gasteiger partial charge in [0.2, 0.25) is 5.91 Å². The molecular formula is C25H28ClN7OS. The van der Waals surface area contributed by atoms with Crippen LogP contribution in [0.3, 0.4) is 0 Å². The summed E-state index contributed by atoms with van der Waals surface area (Å²) in [4.78, 5) is 20.5. The maximum Gasteiger partial charge on any atom is 0.216 e. The molecule has 0 bridgehead atoms. The van der Waals surface area contributed by atoms with Gasteiger partial charge >= 0.3 is 0 Å². The SMILES string of the molecule is CC(=O)NCCCn1ccnc1.Cc1sc2c(c1C)C(c1ccc(Cl)cc1)=NCc1nnc(C)n1-2. The lowest BCUT2D eigenvalue weighted by molar-refractivity contribution is -0.118. The van der Waals surface area contributed by atoms with Gasteiger partial charge in [-0.2, -0.15) is 0 Å². The number of amides is 1. The van der Waals surface area contributed by atoms with E-state index >= 15 is 0 Å². The summed E-state index contributed by atoms with van der Waals surface area (Å²) in [5.74, 6) is 1.81. The number of aryl methyl sites for hydroxylation is 3. The number of hydrogen-bond acceptors (Lipinski definition) is 6. The topological polar surface area (TPSA) is 90.0 Å². The second-order valence-electron chi connectivity index (χ2n) is 8.27. The summed E-state index contributed by atoms with van der Waals surface area (Å²) in [6.07, 6.45) is 6.37. The molecule has 1 aromatic carbocycles. The molecule has 1 aliphatic heterocycles. The highest BCUT2D eigenvalue weighted by Crippen LogP contribution is 2.36. The van der Waals surface area contributed by atoms with E-state index in [1.807, 2.05) is 42.0 Å². The van der Waals surface area contributed by atoms with Crippen molar-refractivity contribution in [1.82, 2.24) is 29.6 Å². The maximum atomic E-state index is 10.5. The number of benzene rings is 1. The summed E-state index contributed by atoms with van der Waals surface area (Å²) < 4.78 is 4.12. The van der Waals surface area contributed by atoms with Crippen molar-refractivity contribution in [2.24, 2.45) is 4.99 Å². The van der Waals surface area contributed by atoms with E-state index in [2.05, 4.69) is 38.9 Å². The lowest BCUT2D eigenvalue weighted by Gasteiger charge is -2.09. The van der Waals surface area contributed by atoms with Crippen LogP contribution in [0.25, 0.3) is 5.00 Å². The zero-order valence-electron chi connectivity index (χ0n) is 20.2. The van der Waals surface area contributed by atoms with Crippen LogP contribution < -0.4 is 5.32 Å². The zero-order valence-corrected chi connectivity index (χ0v) is 21.8. The summed E-state index contributed by atoms with van der Waals surface area (Å²) in [7, 11) is 0. The minimum absolute atomic E-state index is 0.0284. The summed E-state index contributed by atoms with van der Waals surface area (Å²) >= 11 is 7.80. The lowest BCUT2D eigenvalue weighted by atomic mass is 10.00. The average Bonchev–Trinajstić information content (AvgIpc) is 3.52. The van der Waals surface area contributed by atoms with E-state index in [9.17, 15) is 4.79 Å². The first kappa shape index (κ1) is 24.8. The van der Waals surface area contributed by atoms with Crippen LogP contribution in [-0.4, -0.2) is 42.5 Å². The molecule has 0 aliphatic carbocycles. The van der Waals surface area contributed by atoms with Gasteiger partial charge in [-0.15, -0.1) is 21.5 Å². The van der Waals surface area contributed by atoms with Crippen molar-refractivity contribution in [3.63, 3.8) is 0 Å². The Kier molecular flexibility index (Phi) is 7.77. The third-order valence-corrected chi connectivity index (χ3v) is 7.17. The second kappa shape index (κ2) is 11.0. The molecule has 0 spiro atoms. The van der Waals surface area contributed by atoms with Crippen LogP contribution in [0.4, 0.5) is 0 Å². The van der Waals surface area contributed by atoms with E-state index < -0.39 is 0 Å². The Morgan fingerprint density at radius 3 is 2.63 bits per heavy atom. The molecule has 1 aliphatic rings. The van der Waals surface area contributed by atoms with Crippen molar-refractivity contribution in [2.75, 3.05) is 6.54 Å². The molecule has 0 unspecified atom stereocenters. The fraction of sp³-hybridized carbons (Fsp3) is 0.320. The largest absolute Gasteiger partial charge is 0.356 e. The second-order valence-corrected chi connectivity index (χ2v) is 9.91. The fourth-order valence-corrected chi connectivity index (χ4v) is 5.19. The Hall–Kier alpha value is -3.30. The number of aliphatic imine (C=N–C) groups is 1. The van der Waals surface area contributed by atoms with E-state index in [0.29, 0.717) is 6.54 Å². The third-order valence-electron chi connectivity index (χ3n) is 5.72. The van der Waals surface area contributed by atoms with Crippen LogP contribution in [0.5, 0.6) is 0 Å². The van der Waals surface area contributed by atoms with Crippen LogP contribution in [0.2, 0.25) is 5.02 Å². The number of carbonyl (C=O) groups is 1. The number of thiophene rings is 1. The Bertz CT molecular complexity index is 1340. The highest BCUT2D eigenvalue weighted by molar-refractivity contribution is 7.15. The number of halogens is 1. The smallest absolute Gasteiger partial charge is 0.216 e. The van der Waals surface area contributed by atoms with Crippen LogP contribution in [0.1, 0.15) is 46.6 Å². The van der Waals surface area contributed by atoms with Gasteiger partial charge in [-0.3, -0.25) is 14.4 Å². The average molecular weight is 510 g/mol. The summed E-state index contributed by atoms with van der Waals surface area (Å²) in [6.45, 7) is 9.97. The lowest BCUT2D eigenvalue weighted by Crippen LogP contribution is -2.21. The highest BCUT2D eigenvalue weighted by Gasteiger charge is 2.26. The first-order valence-corrected chi connectivity index (χ1v) is 12.6. The number of fused-ring (bicyclic) bond motifs is 3. The predicted octanol–water partition coefficient (Wildman–Crippen LogP) is 4.67. The number of rotatable bonds is 5. The fourth-order valence-electron chi connectivity index (χ4n) is 3.84. The van der Waals surface area contributed by atoms with Crippen LogP contribution in [0, 0.1) is 20.8 Å². The molecular weight excluding hydrogens is 482 g/mol. The molecule has 8 nitrogen and oxygen atoms in total. The van der Waals surface area contributed by atoms with Gasteiger partial charge in [0, 0.05) is 53.4 Å². The van der Waals surface area contributed by atoms with Crippen molar-refractivity contribution in [3.05, 3.63) is 81.2 Å². The van der Waals surface area contributed by atoms with Gasteiger partial charge in [0.05, 0.1) is 12.0 Å². The summed E-state index contributed by atoms with van der Waals surface area (Å²) in [6, 6.07) is 7.86. The summed E-state index contributed by atoms with van der Waals surface area (Å²) in [5, 5.41) is 13.1. The number of hydrogen-bond donors (Lipinski definition) is 1. The molecule has 35 heavy (non-hydrogen) atoms. The van der Waals surface area contributed by atoms with Crippen molar-refractivity contribution >= 4 is 34.6 Å². The minimum atomic E-state index is 0.0284. The molecule has 0 atom stereocenters. The molecule has 0 saturated carbocycles. The normalized spacial score (nSPS) is 12.1. The highest BCUT2D eigenvalue weighted by atomic mass is 35.5. The van der Waals surface area contributed by atoms with Gasteiger partial charge in [-0.25, -0.2) is 4.98 Å². The number of nitrogens with one attached hydrogen (secondary N) is 1. The van der Waals surface area contributed by atoms with Crippen molar-refractivity contribution < 1.29 is 4.79 Å². The first-order valence-electron chi connectivity index (χ1n) is 11.4. The van der Waals surface area contributed by atoms with E-state index in [1.54, 1.807) is 23.9 Å². The molecule has 0 saturated heterocycles. The van der Waals surface area contributed by atoms with E-state index in [0.717, 1.165) is 52.5 Å². The molecule has 0 radical (unpaired) electrons. The molecule has 1 N–H and O–H groups in total. The van der Waals surface area contributed by atoms with Crippen molar-refractivity contribution in [2.45, 2.75) is 47.2 Å². The van der Waals surface area contributed by atoms with E-state index in [4.69, 9.17) is 16.6 Å². The van der Waals surface area contributed by atoms with Crippen molar-refractivity contribution in [1.29, 1.82) is 0 Å². The minimum Gasteiger partial charge on any atom is -0.356 e. The number of aromatic nitrogens is 5. The predicted molar refractivity (Wildman–Crippen MR) is 140 cm³/mol. The van der Waals surface area contributed by atoms with E-state index in [-0.39, 0.29) is 5.91 Å². The Morgan fingerprint density at radius 2 is 1.94 bits per heavy atom. The maximum absolute atomic E-state index is 10.5. The Balaban J connectivity index is 0.000000204. The molecule has 0 fully saturated rings. The number of carbonyl (C=O) groups excluding carboxylic acids is 1. The number of imidazole rings is 1. The van der Waals surface area contributed by atoms with E-state index in [1.165, 1.54) is 22.9 Å². The molecule has 1 amide bonds. The molecule has 10 heteroatoms. The standard InChI is InChI=1S/C17H15ClN4S.C8H13N3O/c1-9-10(2)23-17-15(9)16(12-4-6-13(18)7-5-12)19-8-14-21-20-11(3)22(14)17;1-8(12)10-3-2-5-11-6-4-9-7-11/h4-7H,8H2,1-3H3;4,6-7H,2-3,5H2,1H3,(H,10,12). The van der Waals surface area contributed by atoms with Crippen LogP contribution in [-0.2, 0) is 17.9 Å². The third kappa shape index (κ3) is 5.68. The number of nitrogens with zero attached hydrogens (tertiary/aromatic N) is 6. The van der Waals surface area contributed by atoms with Gasteiger partial charge in [-0.1, -0.05) is 23.7 Å². The Labute approximate surface area is 213 Å². The van der Waals surface area contributed by atoms with Gasteiger partial charge in [-0.05, 0) is 44.9 Å². The summed E-state index contributed by atoms with van der Waals surface area (Å²) in [5.41, 5.74) is 4.52. The van der Waals surface area contributed by atoms with Crippen molar-refractivity contribution in [3.8, 4) is 5.00 Å². The molecule has 4 heterocycles. The van der Waals surface area contributed by atoms with Crippen LogP contribution >= 0.6 is 22.9 Å². The van der Waals surface area contributed by atoms with Crippen LogP contribution in [0.15, 0.2) is 48.0 Å². The first-order chi connectivity index (χ1) is 16.8.